The molecule has 18 heavy (non-hydrogen) atoms. The highest BCUT2D eigenvalue weighted by Crippen LogP contribution is 2.24. The van der Waals surface area contributed by atoms with Crippen molar-refractivity contribution in [1.29, 1.82) is 0 Å². The Kier molecular flexibility index (Phi) is 4.76. The minimum Gasteiger partial charge on any atom is -0.350 e. The first-order valence-corrected chi connectivity index (χ1v) is 6.75. The van der Waals surface area contributed by atoms with Gasteiger partial charge in [0.15, 0.2) is 0 Å². The summed E-state index contributed by atoms with van der Waals surface area (Å²) >= 11 is 0. The smallest absolute Gasteiger partial charge is 0.257 e. The number of nitrogens with one attached hydrogen (secondary N) is 1. The van der Waals surface area contributed by atoms with Crippen molar-refractivity contribution in [1.82, 2.24) is 9.55 Å². The topological polar surface area (TPSA) is 37.8 Å². The normalized spacial score (nSPS) is 10.6. The second kappa shape index (κ2) is 5.89. The summed E-state index contributed by atoms with van der Waals surface area (Å²) in [6.45, 7) is 10.3. The Morgan fingerprint density at radius 2 is 2.00 bits per heavy atom. The van der Waals surface area contributed by atoms with Gasteiger partial charge in [-0.15, -0.1) is 0 Å². The molecule has 0 fully saturated rings. The Bertz CT molecular complexity index is 582. The molecule has 0 spiro atoms. The van der Waals surface area contributed by atoms with E-state index in [1.54, 1.807) is 0 Å². The lowest BCUT2D eigenvalue weighted by Gasteiger charge is -2.02. The molecule has 0 bridgehead atoms. The number of aromatic nitrogens is 2. The molecule has 0 saturated carbocycles. The molecule has 0 amide bonds. The molecule has 0 radical (unpaired) electrons. The van der Waals surface area contributed by atoms with Crippen molar-refractivity contribution < 1.29 is 1.43 Å². The van der Waals surface area contributed by atoms with E-state index >= 15 is 0 Å². The minimum absolute atomic E-state index is 0. The van der Waals surface area contributed by atoms with Crippen molar-refractivity contribution in [3.8, 4) is 0 Å². The summed E-state index contributed by atoms with van der Waals surface area (Å²) in [5.74, 6) is 0.372. The van der Waals surface area contributed by atoms with E-state index in [1.165, 1.54) is 0 Å². The SMILES string of the molecule is CC.CCc1cc2c(c(C(C)C)cn2C)c(=O)[nH]1.[HH]. The molecule has 1 N–H and O–H groups in total. The van der Waals surface area contributed by atoms with Gasteiger partial charge in [-0.1, -0.05) is 34.6 Å². The Balaban J connectivity index is 0.00000103. The maximum absolute atomic E-state index is 12.0. The standard InChI is InChI=1S/C13H18N2O.C2H6.H2/c1-5-9-6-11-12(13(16)14-9)10(8(2)3)7-15(11)4;1-2;/h6-8H,5H2,1-4H3,(H,14,16);1-2H3;1H. The van der Waals surface area contributed by atoms with Gasteiger partial charge in [-0.2, -0.15) is 0 Å². The molecule has 0 aliphatic carbocycles. The fourth-order valence-corrected chi connectivity index (χ4v) is 2.13. The third-order valence-corrected chi connectivity index (χ3v) is 3.07. The van der Waals surface area contributed by atoms with Crippen LogP contribution >= 0.6 is 0 Å². The molecule has 2 aromatic rings. The third kappa shape index (κ3) is 2.50. The van der Waals surface area contributed by atoms with E-state index in [1.807, 2.05) is 32.4 Å². The second-order valence-corrected chi connectivity index (χ2v) is 4.59. The summed E-state index contributed by atoms with van der Waals surface area (Å²) in [4.78, 5) is 15.0. The molecule has 0 unspecified atom stereocenters. The summed E-state index contributed by atoms with van der Waals surface area (Å²) in [6, 6.07) is 2.07. The summed E-state index contributed by atoms with van der Waals surface area (Å²) in [5, 5.41) is 0.842. The predicted octanol–water partition coefficient (Wildman–Crippen LogP) is 3.82. The first kappa shape index (κ1) is 14.6. The van der Waals surface area contributed by atoms with Gasteiger partial charge in [0, 0.05) is 20.4 Å². The first-order chi connectivity index (χ1) is 8.54. The number of hydrogen-bond donors (Lipinski definition) is 1. The number of rotatable bonds is 2. The van der Waals surface area contributed by atoms with E-state index in [9.17, 15) is 4.79 Å². The van der Waals surface area contributed by atoms with Crippen LogP contribution in [0.25, 0.3) is 10.9 Å². The quantitative estimate of drug-likeness (QED) is 0.864. The van der Waals surface area contributed by atoms with E-state index in [4.69, 9.17) is 0 Å². The third-order valence-electron chi connectivity index (χ3n) is 3.07. The monoisotopic (exact) mass is 250 g/mol. The van der Waals surface area contributed by atoms with E-state index in [0.717, 1.165) is 28.6 Å². The highest BCUT2D eigenvalue weighted by Gasteiger charge is 2.13. The first-order valence-electron chi connectivity index (χ1n) is 6.75. The lowest BCUT2D eigenvalue weighted by atomic mass is 10.0. The Hall–Kier alpha value is -1.51. The van der Waals surface area contributed by atoms with Gasteiger partial charge in [0.25, 0.3) is 5.56 Å². The molecule has 3 nitrogen and oxygen atoms in total. The largest absolute Gasteiger partial charge is 0.350 e. The van der Waals surface area contributed by atoms with Crippen molar-refractivity contribution in [2.45, 2.75) is 47.0 Å². The van der Waals surface area contributed by atoms with Crippen molar-refractivity contribution >= 4 is 10.9 Å². The van der Waals surface area contributed by atoms with Crippen LogP contribution in [0.1, 0.15) is 53.2 Å². The zero-order valence-electron chi connectivity index (χ0n) is 12.3. The summed E-state index contributed by atoms with van der Waals surface area (Å²) in [6.07, 6.45) is 2.91. The number of aromatic amines is 1. The molecule has 3 heteroatoms. The van der Waals surface area contributed by atoms with Crippen LogP contribution in [0.2, 0.25) is 0 Å². The molecule has 2 rings (SSSR count). The number of hydrogen-bond acceptors (Lipinski definition) is 1. The van der Waals surface area contributed by atoms with Gasteiger partial charge in [-0.05, 0) is 24.0 Å². The van der Waals surface area contributed by atoms with Gasteiger partial charge < -0.3 is 9.55 Å². The van der Waals surface area contributed by atoms with Crippen molar-refractivity contribution in [3.05, 3.63) is 33.9 Å². The predicted molar refractivity (Wildman–Crippen MR) is 80.5 cm³/mol. The maximum atomic E-state index is 12.0. The van der Waals surface area contributed by atoms with E-state index in [2.05, 4.69) is 31.1 Å². The lowest BCUT2D eigenvalue weighted by Crippen LogP contribution is -2.10. The zero-order chi connectivity index (χ0) is 13.9. The number of nitrogens with zero attached hydrogens (tertiary/aromatic N) is 1. The Morgan fingerprint density at radius 3 is 2.50 bits per heavy atom. The van der Waals surface area contributed by atoms with Crippen molar-refractivity contribution in [3.63, 3.8) is 0 Å². The number of fused-ring (bicyclic) bond motifs is 1. The van der Waals surface area contributed by atoms with E-state index < -0.39 is 0 Å². The fourth-order valence-electron chi connectivity index (χ4n) is 2.13. The van der Waals surface area contributed by atoms with Crippen LogP contribution in [0.5, 0.6) is 0 Å². The van der Waals surface area contributed by atoms with Gasteiger partial charge >= 0.3 is 0 Å². The van der Waals surface area contributed by atoms with Gasteiger partial charge in [0.2, 0.25) is 0 Å². The Labute approximate surface area is 110 Å². The molecule has 0 saturated heterocycles. The summed E-state index contributed by atoms with van der Waals surface area (Å²) in [5.41, 5.74) is 3.19. The van der Waals surface area contributed by atoms with E-state index in [0.29, 0.717) is 5.92 Å². The van der Waals surface area contributed by atoms with Crippen LogP contribution in [0.4, 0.5) is 0 Å². The molecular weight excluding hydrogens is 224 g/mol. The van der Waals surface area contributed by atoms with Crippen LogP contribution in [0, 0.1) is 0 Å². The molecule has 0 aliphatic heterocycles. The van der Waals surface area contributed by atoms with E-state index in [-0.39, 0.29) is 6.99 Å². The highest BCUT2D eigenvalue weighted by atomic mass is 16.1. The average Bonchev–Trinajstić information content (AvgIpc) is 2.70. The number of aryl methyl sites for hydroxylation is 2. The van der Waals surface area contributed by atoms with Crippen LogP contribution in [0.3, 0.4) is 0 Å². The minimum atomic E-state index is 0. The van der Waals surface area contributed by atoms with Crippen LogP contribution < -0.4 is 5.56 Å². The summed E-state index contributed by atoms with van der Waals surface area (Å²) < 4.78 is 2.04. The fraction of sp³-hybridized carbons (Fsp3) is 0.533. The molecule has 2 heterocycles. The lowest BCUT2D eigenvalue weighted by molar-refractivity contribution is 0.856. The number of H-pyrrole nitrogens is 1. The second-order valence-electron chi connectivity index (χ2n) is 4.59. The molecule has 2 aromatic heterocycles. The average molecular weight is 250 g/mol. The van der Waals surface area contributed by atoms with Gasteiger partial charge in [-0.25, -0.2) is 0 Å². The molecule has 0 aromatic carbocycles. The zero-order valence-corrected chi connectivity index (χ0v) is 12.3. The number of pyridine rings is 1. The maximum Gasteiger partial charge on any atom is 0.257 e. The van der Waals surface area contributed by atoms with Crippen LogP contribution in [-0.2, 0) is 13.5 Å². The Morgan fingerprint density at radius 1 is 1.39 bits per heavy atom. The molecular formula is C15H26N2O. The van der Waals surface area contributed by atoms with Crippen LogP contribution in [0.15, 0.2) is 17.1 Å². The van der Waals surface area contributed by atoms with Gasteiger partial charge in [-0.3, -0.25) is 4.79 Å². The van der Waals surface area contributed by atoms with Crippen molar-refractivity contribution in [2.75, 3.05) is 0 Å². The summed E-state index contributed by atoms with van der Waals surface area (Å²) in [7, 11) is 1.99. The van der Waals surface area contributed by atoms with Gasteiger partial charge in [0.1, 0.15) is 0 Å². The van der Waals surface area contributed by atoms with Crippen molar-refractivity contribution in [2.24, 2.45) is 7.05 Å². The molecule has 0 atom stereocenters. The van der Waals surface area contributed by atoms with Gasteiger partial charge in [0.05, 0.1) is 10.9 Å². The molecule has 0 aliphatic rings. The van der Waals surface area contributed by atoms with Crippen LogP contribution in [-0.4, -0.2) is 9.55 Å². The highest BCUT2D eigenvalue weighted by molar-refractivity contribution is 5.83. The molecule has 102 valence electrons.